The van der Waals surface area contributed by atoms with Crippen molar-refractivity contribution >= 4 is 0 Å². The molecule has 1 aromatic carbocycles. The molecular weight excluding hydrogens is 180 g/mol. The first-order valence-electron chi connectivity index (χ1n) is 6.02. The largest absolute Gasteiger partial charge is 0.0879 e. The lowest BCUT2D eigenvalue weighted by molar-refractivity contribution is 0.380. The molecule has 0 bridgehead atoms. The molecule has 0 radical (unpaired) electrons. The predicted octanol–water partition coefficient (Wildman–Crippen LogP) is 3.85. The number of hydrogen-bond donors (Lipinski definition) is 0. The zero-order valence-corrected chi connectivity index (χ0v) is 9.53. The molecule has 0 fully saturated rings. The molecule has 2 aliphatic carbocycles. The second-order valence-electron chi connectivity index (χ2n) is 5.18. The molecule has 3 atom stereocenters. The van der Waals surface area contributed by atoms with E-state index in [0.717, 1.165) is 17.8 Å². The fourth-order valence-corrected chi connectivity index (χ4v) is 3.44. The molecule has 15 heavy (non-hydrogen) atoms. The lowest BCUT2D eigenvalue weighted by atomic mass is 9.77. The van der Waals surface area contributed by atoms with Crippen LogP contribution >= 0.6 is 0 Å². The minimum absolute atomic E-state index is 0.782. The Morgan fingerprint density at radius 3 is 3.00 bits per heavy atom. The van der Waals surface area contributed by atoms with Gasteiger partial charge in [0.1, 0.15) is 0 Å². The van der Waals surface area contributed by atoms with Crippen LogP contribution < -0.4 is 0 Å². The van der Waals surface area contributed by atoms with Gasteiger partial charge in [0.25, 0.3) is 0 Å². The molecule has 2 aliphatic rings. The summed E-state index contributed by atoms with van der Waals surface area (Å²) in [7, 11) is 0. The average Bonchev–Trinajstić information content (AvgIpc) is 2.59. The Morgan fingerprint density at radius 2 is 2.13 bits per heavy atom. The third kappa shape index (κ3) is 1.27. The van der Waals surface area contributed by atoms with Crippen molar-refractivity contribution in [2.75, 3.05) is 0 Å². The summed E-state index contributed by atoms with van der Waals surface area (Å²) < 4.78 is 0. The van der Waals surface area contributed by atoms with Gasteiger partial charge in [0.05, 0.1) is 0 Å². The Kier molecular flexibility index (Phi) is 1.98. The lowest BCUT2D eigenvalue weighted by Crippen LogP contribution is -2.17. The van der Waals surface area contributed by atoms with Gasteiger partial charge in [-0.2, -0.15) is 0 Å². The second kappa shape index (κ2) is 3.23. The third-order valence-corrected chi connectivity index (χ3v) is 4.21. The molecular formula is C15H18. The van der Waals surface area contributed by atoms with Gasteiger partial charge in [-0.3, -0.25) is 0 Å². The van der Waals surface area contributed by atoms with Crippen molar-refractivity contribution in [2.45, 2.75) is 32.6 Å². The SMILES string of the molecule is Cc1cccc2c1CC1C=CCC(C)C21. The molecule has 0 N–H and O–H groups in total. The highest BCUT2D eigenvalue weighted by molar-refractivity contribution is 5.43. The summed E-state index contributed by atoms with van der Waals surface area (Å²) in [5.74, 6) is 2.40. The van der Waals surface area contributed by atoms with Crippen LogP contribution in [-0.4, -0.2) is 0 Å². The maximum Gasteiger partial charge on any atom is -0.00643 e. The molecule has 0 saturated heterocycles. The number of hydrogen-bond acceptors (Lipinski definition) is 0. The summed E-state index contributed by atoms with van der Waals surface area (Å²) in [6.07, 6.45) is 7.36. The summed E-state index contributed by atoms with van der Waals surface area (Å²) >= 11 is 0. The molecule has 0 heteroatoms. The van der Waals surface area contributed by atoms with Gasteiger partial charge in [0, 0.05) is 0 Å². The monoisotopic (exact) mass is 198 g/mol. The first-order valence-corrected chi connectivity index (χ1v) is 6.02. The zero-order chi connectivity index (χ0) is 10.4. The van der Waals surface area contributed by atoms with Gasteiger partial charge in [-0.25, -0.2) is 0 Å². The fraction of sp³-hybridized carbons (Fsp3) is 0.467. The van der Waals surface area contributed by atoms with Crippen LogP contribution in [-0.2, 0) is 6.42 Å². The van der Waals surface area contributed by atoms with Gasteiger partial charge in [0.2, 0.25) is 0 Å². The van der Waals surface area contributed by atoms with E-state index in [4.69, 9.17) is 0 Å². The first-order chi connectivity index (χ1) is 7.27. The van der Waals surface area contributed by atoms with Gasteiger partial charge in [0.15, 0.2) is 0 Å². The van der Waals surface area contributed by atoms with Crippen molar-refractivity contribution < 1.29 is 0 Å². The average molecular weight is 198 g/mol. The first kappa shape index (κ1) is 9.21. The van der Waals surface area contributed by atoms with Crippen molar-refractivity contribution in [3.05, 3.63) is 47.0 Å². The minimum Gasteiger partial charge on any atom is -0.0879 e. The predicted molar refractivity (Wildman–Crippen MR) is 64.0 cm³/mol. The van der Waals surface area contributed by atoms with Crippen molar-refractivity contribution in [2.24, 2.45) is 11.8 Å². The van der Waals surface area contributed by atoms with Gasteiger partial charge in [-0.05, 0) is 54.2 Å². The number of allylic oxidation sites excluding steroid dienone is 2. The minimum atomic E-state index is 0.782. The van der Waals surface area contributed by atoms with Gasteiger partial charge >= 0.3 is 0 Å². The van der Waals surface area contributed by atoms with Crippen molar-refractivity contribution in [1.82, 2.24) is 0 Å². The fourth-order valence-electron chi connectivity index (χ4n) is 3.44. The van der Waals surface area contributed by atoms with Crippen LogP contribution in [0.4, 0.5) is 0 Å². The summed E-state index contributed by atoms with van der Waals surface area (Å²) in [6.45, 7) is 4.66. The van der Waals surface area contributed by atoms with E-state index < -0.39 is 0 Å². The second-order valence-corrected chi connectivity index (χ2v) is 5.18. The van der Waals surface area contributed by atoms with E-state index in [9.17, 15) is 0 Å². The Hall–Kier alpha value is -1.04. The Morgan fingerprint density at radius 1 is 1.27 bits per heavy atom. The Bertz CT molecular complexity index is 414. The number of benzene rings is 1. The van der Waals surface area contributed by atoms with Crippen LogP contribution in [0.3, 0.4) is 0 Å². The molecule has 0 nitrogen and oxygen atoms in total. The summed E-state index contributed by atoms with van der Waals surface area (Å²) in [5, 5.41) is 0. The molecule has 0 aromatic heterocycles. The van der Waals surface area contributed by atoms with Crippen LogP contribution in [0.1, 0.15) is 36.0 Å². The number of fused-ring (bicyclic) bond motifs is 3. The normalized spacial score (nSPS) is 32.5. The van der Waals surface area contributed by atoms with E-state index in [1.54, 1.807) is 11.1 Å². The van der Waals surface area contributed by atoms with Crippen LogP contribution in [0.25, 0.3) is 0 Å². The van der Waals surface area contributed by atoms with Crippen molar-refractivity contribution in [1.29, 1.82) is 0 Å². The third-order valence-electron chi connectivity index (χ3n) is 4.21. The van der Waals surface area contributed by atoms with Gasteiger partial charge < -0.3 is 0 Å². The highest BCUT2D eigenvalue weighted by Gasteiger charge is 2.36. The van der Waals surface area contributed by atoms with E-state index in [1.807, 2.05) is 0 Å². The van der Waals surface area contributed by atoms with Crippen LogP contribution in [0.15, 0.2) is 30.4 Å². The van der Waals surface area contributed by atoms with Gasteiger partial charge in [-0.15, -0.1) is 0 Å². The quantitative estimate of drug-likeness (QED) is 0.555. The maximum absolute atomic E-state index is 2.45. The van der Waals surface area contributed by atoms with Crippen LogP contribution in [0.2, 0.25) is 0 Å². The zero-order valence-electron chi connectivity index (χ0n) is 9.53. The van der Waals surface area contributed by atoms with E-state index in [2.05, 4.69) is 44.2 Å². The van der Waals surface area contributed by atoms with E-state index in [0.29, 0.717) is 0 Å². The smallest absolute Gasteiger partial charge is 0.00643 e. The Labute approximate surface area is 92.0 Å². The topological polar surface area (TPSA) is 0 Å². The number of rotatable bonds is 0. The summed E-state index contributed by atoms with van der Waals surface area (Å²) in [6, 6.07) is 6.83. The highest BCUT2D eigenvalue weighted by Crippen LogP contribution is 2.47. The van der Waals surface area contributed by atoms with E-state index in [1.165, 1.54) is 18.4 Å². The van der Waals surface area contributed by atoms with Crippen LogP contribution in [0, 0.1) is 18.8 Å². The number of aryl methyl sites for hydroxylation is 1. The highest BCUT2D eigenvalue weighted by atomic mass is 14.4. The van der Waals surface area contributed by atoms with E-state index in [-0.39, 0.29) is 0 Å². The molecule has 0 heterocycles. The molecule has 78 valence electrons. The summed E-state index contributed by atoms with van der Waals surface area (Å²) in [4.78, 5) is 0. The van der Waals surface area contributed by atoms with Crippen molar-refractivity contribution in [3.8, 4) is 0 Å². The van der Waals surface area contributed by atoms with Gasteiger partial charge in [-0.1, -0.05) is 37.3 Å². The lowest BCUT2D eigenvalue weighted by Gasteiger charge is -2.27. The molecule has 0 aliphatic heterocycles. The molecule has 0 saturated carbocycles. The Balaban J connectivity index is 2.12. The molecule has 0 spiro atoms. The standard InChI is InChI=1S/C15H18/c1-10-5-4-8-13-14(10)9-12-7-3-6-11(2)15(12)13/h3-5,7-8,11-12,15H,6,9H2,1-2H3. The molecule has 3 rings (SSSR count). The van der Waals surface area contributed by atoms with Crippen molar-refractivity contribution in [3.63, 3.8) is 0 Å². The molecule has 1 aromatic rings. The van der Waals surface area contributed by atoms with E-state index >= 15 is 0 Å². The summed E-state index contributed by atoms with van der Waals surface area (Å²) in [5.41, 5.74) is 4.75. The maximum atomic E-state index is 2.45. The van der Waals surface area contributed by atoms with Crippen LogP contribution in [0.5, 0.6) is 0 Å². The molecule has 3 unspecified atom stereocenters. The molecule has 0 amide bonds.